The van der Waals surface area contributed by atoms with Crippen molar-refractivity contribution < 1.29 is 28.9 Å². The molecule has 1 heterocycles. The Morgan fingerprint density at radius 1 is 0.591 bits per heavy atom. The third-order valence-electron chi connectivity index (χ3n) is 8.03. The number of hydrogen-bond acceptors (Lipinski definition) is 6. The van der Waals surface area contributed by atoms with Crippen LogP contribution in [-0.4, -0.2) is 48.6 Å². The molecule has 1 rings (SSSR count). The van der Waals surface area contributed by atoms with Crippen molar-refractivity contribution in [2.45, 2.75) is 180 Å². The van der Waals surface area contributed by atoms with Crippen LogP contribution in [0.25, 0.3) is 0 Å². The number of esters is 2. The fourth-order valence-corrected chi connectivity index (χ4v) is 5.12. The summed E-state index contributed by atoms with van der Waals surface area (Å²) in [4.78, 5) is 23.9. The van der Waals surface area contributed by atoms with Gasteiger partial charge in [0.05, 0.1) is 12.2 Å². The number of aliphatic hydroxyl groups is 1. The summed E-state index contributed by atoms with van der Waals surface area (Å²) in [6, 6.07) is 0. The van der Waals surface area contributed by atoms with Crippen molar-refractivity contribution in [3.63, 3.8) is 0 Å². The van der Waals surface area contributed by atoms with Gasteiger partial charge in [0.15, 0.2) is 0 Å². The van der Waals surface area contributed by atoms with E-state index in [1.165, 1.54) is 83.5 Å². The molecule has 0 spiro atoms. The smallest absolute Gasteiger partial charge is 0.305 e. The first-order chi connectivity index (χ1) is 21.6. The zero-order valence-electron chi connectivity index (χ0n) is 28.4. The second kappa shape index (κ2) is 29.8. The Morgan fingerprint density at radius 2 is 1.02 bits per heavy atom. The molecule has 0 radical (unpaired) electrons. The Bertz CT molecular complexity index is 773. The molecule has 0 saturated carbocycles. The van der Waals surface area contributed by atoms with Crippen LogP contribution >= 0.6 is 0 Å². The fourth-order valence-electron chi connectivity index (χ4n) is 5.12. The highest BCUT2D eigenvalue weighted by Crippen LogP contribution is 2.29. The van der Waals surface area contributed by atoms with Crippen LogP contribution in [0.5, 0.6) is 0 Å². The third kappa shape index (κ3) is 26.5. The van der Waals surface area contributed by atoms with Gasteiger partial charge in [-0.2, -0.15) is 0 Å². The Hall–Kier alpha value is -1.92. The number of allylic oxidation sites excluding steroid dienone is 4. The van der Waals surface area contributed by atoms with Gasteiger partial charge in [-0.3, -0.25) is 9.59 Å². The first-order valence-corrected chi connectivity index (χ1v) is 18.2. The van der Waals surface area contributed by atoms with Gasteiger partial charge in [-0.1, -0.05) is 134 Å². The van der Waals surface area contributed by atoms with E-state index in [2.05, 4.69) is 50.3 Å². The van der Waals surface area contributed by atoms with Gasteiger partial charge < -0.3 is 19.3 Å². The van der Waals surface area contributed by atoms with E-state index in [1.54, 1.807) is 0 Å². The van der Waals surface area contributed by atoms with Crippen molar-refractivity contribution in [1.82, 2.24) is 0 Å². The third-order valence-corrected chi connectivity index (χ3v) is 8.03. The number of ether oxygens (including phenoxy) is 3. The molecular formula is C38H66O6. The summed E-state index contributed by atoms with van der Waals surface area (Å²) in [6.07, 6.45) is 37.9. The van der Waals surface area contributed by atoms with Crippen LogP contribution in [0, 0.1) is 0 Å². The second-order valence-electron chi connectivity index (χ2n) is 12.4. The Balaban J connectivity index is 1.89. The summed E-state index contributed by atoms with van der Waals surface area (Å²) < 4.78 is 16.0. The Labute approximate surface area is 270 Å². The minimum absolute atomic E-state index is 0.136. The van der Waals surface area contributed by atoms with Gasteiger partial charge in [-0.05, 0) is 51.4 Å². The van der Waals surface area contributed by atoms with Gasteiger partial charge in [0, 0.05) is 12.8 Å². The zero-order chi connectivity index (χ0) is 31.9. The highest BCUT2D eigenvalue weighted by atomic mass is 16.6. The van der Waals surface area contributed by atoms with Gasteiger partial charge in [0.1, 0.15) is 19.3 Å². The normalized spacial score (nSPS) is 17.2. The molecule has 1 saturated heterocycles. The van der Waals surface area contributed by atoms with Crippen molar-refractivity contribution in [2.24, 2.45) is 0 Å². The largest absolute Gasteiger partial charge is 0.463 e. The lowest BCUT2D eigenvalue weighted by Gasteiger charge is -2.12. The molecule has 254 valence electrons. The number of unbranched alkanes of at least 4 members (excludes halogenated alkanes) is 15. The number of carbonyl (C=O) groups excluding carboxylic acids is 2. The summed E-state index contributed by atoms with van der Waals surface area (Å²) in [5.74, 6) is -0.636. The van der Waals surface area contributed by atoms with Gasteiger partial charge in [0.2, 0.25) is 0 Å². The second-order valence-corrected chi connectivity index (χ2v) is 12.4. The summed E-state index contributed by atoms with van der Waals surface area (Å²) in [5.41, 5.74) is 0. The molecule has 1 fully saturated rings. The lowest BCUT2D eigenvalue weighted by atomic mass is 10.0. The van der Waals surface area contributed by atoms with E-state index in [1.807, 2.05) is 0 Å². The van der Waals surface area contributed by atoms with Crippen molar-refractivity contribution >= 4 is 11.9 Å². The quantitative estimate of drug-likeness (QED) is 0.0360. The average Bonchev–Trinajstić information content (AvgIpc) is 3.78. The summed E-state index contributed by atoms with van der Waals surface area (Å²) in [7, 11) is 0. The van der Waals surface area contributed by atoms with Crippen LogP contribution in [0.4, 0.5) is 0 Å². The van der Waals surface area contributed by atoms with Crippen molar-refractivity contribution in [1.29, 1.82) is 0 Å². The number of aliphatic hydroxyl groups excluding tert-OH is 1. The lowest BCUT2D eigenvalue weighted by Crippen LogP contribution is -2.25. The van der Waals surface area contributed by atoms with E-state index in [0.717, 1.165) is 44.9 Å². The van der Waals surface area contributed by atoms with Crippen molar-refractivity contribution in [3.8, 4) is 0 Å². The molecule has 2 unspecified atom stereocenters. The monoisotopic (exact) mass is 618 g/mol. The number of rotatable bonds is 31. The Morgan fingerprint density at radius 3 is 1.61 bits per heavy atom. The standard InChI is InChI=1S/C38H66O6/c1-3-5-7-9-11-13-14-15-17-19-21-26-30-37(40)42-32-34(39)33-43-38(41)31-27-23-22-25-29-36-35(44-36)28-24-20-18-16-12-10-8-6-4-2/h12,16,20,22,24-25,34-36,39H,3-11,13-15,17-19,21,23,26-33H2,1-2H3/b16-12-,24-20-,25-22-/t34-,35?,36?/m1/s1. The minimum Gasteiger partial charge on any atom is -0.463 e. The molecule has 1 aliphatic heterocycles. The molecule has 1 aliphatic rings. The van der Waals surface area contributed by atoms with Crippen LogP contribution < -0.4 is 0 Å². The molecule has 3 atom stereocenters. The maximum atomic E-state index is 11.9. The molecule has 0 aliphatic carbocycles. The molecule has 0 aromatic carbocycles. The van der Waals surface area contributed by atoms with Crippen LogP contribution in [0.1, 0.15) is 162 Å². The zero-order valence-corrected chi connectivity index (χ0v) is 28.4. The fraction of sp³-hybridized carbons (Fsp3) is 0.789. The summed E-state index contributed by atoms with van der Waals surface area (Å²) in [6.45, 7) is 4.20. The van der Waals surface area contributed by atoms with E-state index >= 15 is 0 Å². The van der Waals surface area contributed by atoms with Crippen molar-refractivity contribution in [3.05, 3.63) is 36.5 Å². The van der Waals surface area contributed by atoms with Gasteiger partial charge >= 0.3 is 11.9 Å². The predicted molar refractivity (Wildman–Crippen MR) is 182 cm³/mol. The molecule has 0 amide bonds. The van der Waals surface area contributed by atoms with E-state index < -0.39 is 6.10 Å². The van der Waals surface area contributed by atoms with E-state index in [9.17, 15) is 14.7 Å². The van der Waals surface area contributed by atoms with E-state index in [4.69, 9.17) is 14.2 Å². The highest BCUT2D eigenvalue weighted by Gasteiger charge is 2.35. The maximum Gasteiger partial charge on any atom is 0.305 e. The number of hydrogen-bond donors (Lipinski definition) is 1. The van der Waals surface area contributed by atoms with Gasteiger partial charge in [-0.15, -0.1) is 0 Å². The highest BCUT2D eigenvalue weighted by molar-refractivity contribution is 5.69. The van der Waals surface area contributed by atoms with E-state index in [0.29, 0.717) is 31.5 Å². The number of carbonyl (C=O) groups is 2. The van der Waals surface area contributed by atoms with Crippen LogP contribution in [0.2, 0.25) is 0 Å². The van der Waals surface area contributed by atoms with Crippen LogP contribution in [0.3, 0.4) is 0 Å². The average molecular weight is 619 g/mol. The lowest BCUT2D eigenvalue weighted by molar-refractivity contribution is -0.152. The van der Waals surface area contributed by atoms with Gasteiger partial charge in [-0.25, -0.2) is 0 Å². The summed E-state index contributed by atoms with van der Waals surface area (Å²) in [5, 5.41) is 9.98. The maximum absolute atomic E-state index is 11.9. The first kappa shape index (κ1) is 40.1. The molecule has 6 heteroatoms. The molecule has 1 N–H and O–H groups in total. The van der Waals surface area contributed by atoms with Crippen molar-refractivity contribution in [2.75, 3.05) is 13.2 Å². The molecule has 0 aromatic rings. The first-order valence-electron chi connectivity index (χ1n) is 18.2. The number of epoxide rings is 1. The predicted octanol–water partition coefficient (Wildman–Crippen LogP) is 9.88. The SMILES string of the molecule is CCCCC/C=C\C/C=C\CC1OC1C/C=C\CCCC(=O)OC[C@H](O)COC(=O)CCCCCCCCCCCCCC. The van der Waals surface area contributed by atoms with E-state index in [-0.39, 0.29) is 25.2 Å². The summed E-state index contributed by atoms with van der Waals surface area (Å²) >= 11 is 0. The topological polar surface area (TPSA) is 85.4 Å². The Kier molecular flexibility index (Phi) is 27.1. The minimum atomic E-state index is -0.988. The molecule has 0 aromatic heterocycles. The molecule has 44 heavy (non-hydrogen) atoms. The molecular weight excluding hydrogens is 552 g/mol. The van der Waals surface area contributed by atoms with Crippen LogP contribution in [0.15, 0.2) is 36.5 Å². The molecule has 6 nitrogen and oxygen atoms in total. The van der Waals surface area contributed by atoms with Crippen LogP contribution in [-0.2, 0) is 23.8 Å². The molecule has 0 bridgehead atoms. The van der Waals surface area contributed by atoms with Gasteiger partial charge in [0.25, 0.3) is 0 Å².